The first kappa shape index (κ1) is 17.0. The number of rotatable bonds is 5. The predicted molar refractivity (Wildman–Crippen MR) is 92.8 cm³/mol. The fourth-order valence-corrected chi connectivity index (χ4v) is 3.34. The van der Waals surface area contributed by atoms with Crippen LogP contribution in [-0.2, 0) is 20.7 Å². The van der Waals surface area contributed by atoms with Crippen molar-refractivity contribution in [2.45, 2.75) is 25.3 Å². The van der Waals surface area contributed by atoms with Gasteiger partial charge in [0.25, 0.3) is 0 Å². The van der Waals surface area contributed by atoms with Gasteiger partial charge in [-0.15, -0.1) is 0 Å². The predicted octanol–water partition coefficient (Wildman–Crippen LogP) is 2.47. The second-order valence-electron chi connectivity index (χ2n) is 6.02. The smallest absolute Gasteiger partial charge is 0.326 e. The number of carbonyl (C=O) groups is 2. The van der Waals surface area contributed by atoms with Crippen LogP contribution in [0.4, 0.5) is 0 Å². The molecule has 3 N–H and O–H groups in total. The number of nitrogens with one attached hydrogen (secondary N) is 2. The van der Waals surface area contributed by atoms with Crippen LogP contribution in [-0.4, -0.2) is 41.2 Å². The van der Waals surface area contributed by atoms with Gasteiger partial charge in [-0.3, -0.25) is 4.79 Å². The summed E-state index contributed by atoms with van der Waals surface area (Å²) >= 11 is 3.42. The number of H-pyrrole nitrogens is 1. The molecule has 1 aromatic carbocycles. The van der Waals surface area contributed by atoms with Crippen molar-refractivity contribution in [2.24, 2.45) is 5.92 Å². The van der Waals surface area contributed by atoms with E-state index < -0.39 is 12.0 Å². The largest absolute Gasteiger partial charge is 0.480 e. The highest BCUT2D eigenvalue weighted by Crippen LogP contribution is 2.24. The Labute approximate surface area is 147 Å². The first-order chi connectivity index (χ1) is 11.5. The number of carboxylic acid groups (broad SMARTS) is 1. The lowest BCUT2D eigenvalue weighted by Crippen LogP contribution is -2.46. The third kappa shape index (κ3) is 3.79. The van der Waals surface area contributed by atoms with E-state index in [1.54, 1.807) is 6.20 Å². The summed E-state index contributed by atoms with van der Waals surface area (Å²) < 4.78 is 6.23. The van der Waals surface area contributed by atoms with Gasteiger partial charge >= 0.3 is 5.97 Å². The van der Waals surface area contributed by atoms with Gasteiger partial charge in [-0.05, 0) is 36.6 Å². The number of ether oxygens (including phenoxy) is 1. The third-order valence-corrected chi connectivity index (χ3v) is 4.79. The van der Waals surface area contributed by atoms with Gasteiger partial charge in [0.05, 0.1) is 12.5 Å². The molecule has 3 rings (SSSR count). The van der Waals surface area contributed by atoms with E-state index in [0.29, 0.717) is 13.2 Å². The molecule has 0 spiro atoms. The van der Waals surface area contributed by atoms with Crippen molar-refractivity contribution in [3.8, 4) is 0 Å². The van der Waals surface area contributed by atoms with Gasteiger partial charge in [0, 0.05) is 34.6 Å². The molecule has 1 saturated heterocycles. The molecule has 7 heteroatoms. The molecule has 24 heavy (non-hydrogen) atoms. The van der Waals surface area contributed by atoms with E-state index in [9.17, 15) is 14.7 Å². The van der Waals surface area contributed by atoms with Gasteiger partial charge in [-0.2, -0.15) is 0 Å². The van der Waals surface area contributed by atoms with Crippen molar-refractivity contribution in [1.82, 2.24) is 10.3 Å². The summed E-state index contributed by atoms with van der Waals surface area (Å²) in [6, 6.07) is 4.83. The zero-order valence-corrected chi connectivity index (χ0v) is 14.6. The van der Waals surface area contributed by atoms with Crippen LogP contribution >= 0.6 is 15.9 Å². The topological polar surface area (TPSA) is 91.4 Å². The fraction of sp³-hybridized carbons (Fsp3) is 0.412. The van der Waals surface area contributed by atoms with Gasteiger partial charge < -0.3 is 20.1 Å². The molecule has 6 nitrogen and oxygen atoms in total. The van der Waals surface area contributed by atoms with Gasteiger partial charge in [-0.1, -0.05) is 15.9 Å². The Balaban J connectivity index is 1.74. The van der Waals surface area contributed by atoms with Crippen LogP contribution in [0.2, 0.25) is 0 Å². The first-order valence-electron chi connectivity index (χ1n) is 7.91. The molecular weight excluding hydrogens is 376 g/mol. The molecule has 2 aromatic rings. The highest BCUT2D eigenvalue weighted by molar-refractivity contribution is 9.10. The summed E-state index contributed by atoms with van der Waals surface area (Å²) in [7, 11) is 0. The standard InChI is InChI=1S/C17H19BrN2O4/c18-12-3-4-14-13(7-12)11(8-19-14)6-15(17(22)23)20-16(21)10-2-1-5-24-9-10/h3-4,7-8,10,15,19H,1-2,5-6,9H2,(H,20,21)(H,22,23)/t10-,15+/m0/s1. The van der Waals surface area contributed by atoms with E-state index in [1.165, 1.54) is 0 Å². The van der Waals surface area contributed by atoms with Crippen LogP contribution in [0.1, 0.15) is 18.4 Å². The summed E-state index contributed by atoms with van der Waals surface area (Å²) in [5.74, 6) is -1.55. The summed E-state index contributed by atoms with van der Waals surface area (Å²) in [5, 5.41) is 13.1. The number of halogens is 1. The van der Waals surface area contributed by atoms with Crippen LogP contribution < -0.4 is 5.32 Å². The molecule has 2 atom stereocenters. The Morgan fingerprint density at radius 1 is 1.46 bits per heavy atom. The Morgan fingerprint density at radius 2 is 2.29 bits per heavy atom. The average Bonchev–Trinajstić information content (AvgIpc) is 2.97. The number of fused-ring (bicyclic) bond motifs is 1. The first-order valence-corrected chi connectivity index (χ1v) is 8.70. The van der Waals surface area contributed by atoms with Gasteiger partial charge in [-0.25, -0.2) is 4.79 Å². The Bertz CT molecular complexity index is 752. The molecule has 0 unspecified atom stereocenters. The molecule has 1 amide bonds. The van der Waals surface area contributed by atoms with Crippen LogP contribution in [0.25, 0.3) is 10.9 Å². The van der Waals surface area contributed by atoms with Crippen molar-refractivity contribution >= 4 is 38.7 Å². The Hall–Kier alpha value is -1.86. The number of amides is 1. The van der Waals surface area contributed by atoms with Crippen molar-refractivity contribution in [3.63, 3.8) is 0 Å². The molecule has 1 aromatic heterocycles. The second kappa shape index (κ2) is 7.36. The number of aromatic nitrogens is 1. The molecule has 128 valence electrons. The second-order valence-corrected chi connectivity index (χ2v) is 6.94. The molecule has 2 heterocycles. The monoisotopic (exact) mass is 394 g/mol. The highest BCUT2D eigenvalue weighted by atomic mass is 79.9. The minimum Gasteiger partial charge on any atom is -0.480 e. The summed E-state index contributed by atoms with van der Waals surface area (Å²) in [6.45, 7) is 1.02. The van der Waals surface area contributed by atoms with Crippen molar-refractivity contribution in [1.29, 1.82) is 0 Å². The molecule has 1 fully saturated rings. The molecule has 1 aliphatic rings. The lowest BCUT2D eigenvalue weighted by Gasteiger charge is -2.23. The number of aromatic amines is 1. The maximum Gasteiger partial charge on any atom is 0.326 e. The number of carboxylic acids is 1. The normalized spacial score (nSPS) is 19.1. The number of benzene rings is 1. The summed E-state index contributed by atoms with van der Waals surface area (Å²) in [6.07, 6.45) is 3.58. The van der Waals surface area contributed by atoms with Gasteiger partial charge in [0.1, 0.15) is 6.04 Å². The van der Waals surface area contributed by atoms with Crippen molar-refractivity contribution in [3.05, 3.63) is 34.4 Å². The highest BCUT2D eigenvalue weighted by Gasteiger charge is 2.27. The number of aliphatic carboxylic acids is 1. The molecule has 1 aliphatic heterocycles. The fourth-order valence-electron chi connectivity index (χ4n) is 2.98. The number of carbonyl (C=O) groups excluding carboxylic acids is 1. The lowest BCUT2D eigenvalue weighted by molar-refractivity contribution is -0.143. The minimum atomic E-state index is -1.04. The van der Waals surface area contributed by atoms with Gasteiger partial charge in [0.15, 0.2) is 0 Å². The van der Waals surface area contributed by atoms with E-state index >= 15 is 0 Å². The summed E-state index contributed by atoms with van der Waals surface area (Å²) in [5.41, 5.74) is 1.79. The molecule has 0 saturated carbocycles. The van der Waals surface area contributed by atoms with Crippen molar-refractivity contribution in [2.75, 3.05) is 13.2 Å². The quantitative estimate of drug-likeness (QED) is 0.726. The Kier molecular flexibility index (Phi) is 5.20. The van der Waals surface area contributed by atoms with Crippen LogP contribution in [0.5, 0.6) is 0 Å². The molecule has 0 radical (unpaired) electrons. The Morgan fingerprint density at radius 3 is 3.00 bits per heavy atom. The maximum absolute atomic E-state index is 12.3. The van der Waals surface area contributed by atoms with Crippen LogP contribution in [0.3, 0.4) is 0 Å². The van der Waals surface area contributed by atoms with Crippen LogP contribution in [0.15, 0.2) is 28.9 Å². The zero-order chi connectivity index (χ0) is 17.1. The lowest BCUT2D eigenvalue weighted by atomic mass is 9.99. The molecule has 0 bridgehead atoms. The minimum absolute atomic E-state index is 0.227. The van der Waals surface area contributed by atoms with E-state index in [4.69, 9.17) is 4.74 Å². The van der Waals surface area contributed by atoms with Crippen LogP contribution in [0, 0.1) is 5.92 Å². The number of hydrogen-bond donors (Lipinski definition) is 3. The third-order valence-electron chi connectivity index (χ3n) is 4.30. The van der Waals surface area contributed by atoms with Crippen molar-refractivity contribution < 1.29 is 19.4 Å². The SMILES string of the molecule is O=C(N[C@H](Cc1c[nH]c2ccc(Br)cc12)C(=O)O)[C@H]1CCCOC1. The molecular formula is C17H19BrN2O4. The van der Waals surface area contributed by atoms with E-state index in [0.717, 1.165) is 33.8 Å². The van der Waals surface area contributed by atoms with E-state index in [-0.39, 0.29) is 18.2 Å². The van der Waals surface area contributed by atoms with E-state index in [1.807, 2.05) is 18.2 Å². The van der Waals surface area contributed by atoms with Gasteiger partial charge in [0.2, 0.25) is 5.91 Å². The maximum atomic E-state index is 12.3. The zero-order valence-electron chi connectivity index (χ0n) is 13.0. The number of hydrogen-bond acceptors (Lipinski definition) is 3. The van der Waals surface area contributed by atoms with E-state index in [2.05, 4.69) is 26.2 Å². The average molecular weight is 395 g/mol. The summed E-state index contributed by atoms with van der Waals surface area (Å²) in [4.78, 5) is 27.0. The molecule has 0 aliphatic carbocycles.